The number of para-hydroxylation sites is 1. The Morgan fingerprint density at radius 2 is 2.20 bits per heavy atom. The summed E-state index contributed by atoms with van der Waals surface area (Å²) < 4.78 is 0. The van der Waals surface area contributed by atoms with Crippen LogP contribution in [0.5, 0.6) is 5.75 Å². The molecule has 2 nitrogen and oxygen atoms in total. The maximum atomic E-state index is 9.63. The van der Waals surface area contributed by atoms with E-state index < -0.39 is 0 Å². The molecule has 0 spiro atoms. The lowest BCUT2D eigenvalue weighted by Gasteiger charge is -2.20. The van der Waals surface area contributed by atoms with Crippen LogP contribution in [0.3, 0.4) is 0 Å². The van der Waals surface area contributed by atoms with Gasteiger partial charge in [0.25, 0.3) is 0 Å². The second-order valence-electron chi connectivity index (χ2n) is 4.41. The van der Waals surface area contributed by atoms with Crippen molar-refractivity contribution in [1.29, 1.82) is 0 Å². The lowest BCUT2D eigenvalue weighted by molar-refractivity contribution is 0.271. The molecule has 82 valence electrons. The molecule has 1 saturated heterocycles. The van der Waals surface area contributed by atoms with Gasteiger partial charge in [0, 0.05) is 12.6 Å². The van der Waals surface area contributed by atoms with Crippen molar-refractivity contribution in [3.05, 3.63) is 29.8 Å². The average Bonchev–Trinajstić information content (AvgIpc) is 2.63. The first-order valence-corrected chi connectivity index (χ1v) is 5.78. The van der Waals surface area contributed by atoms with E-state index in [0.29, 0.717) is 5.75 Å². The summed E-state index contributed by atoms with van der Waals surface area (Å²) in [7, 11) is 0. The second kappa shape index (κ2) is 4.67. The largest absolute Gasteiger partial charge is 0.508 e. The number of nitrogens with zero attached hydrogens (tertiary/aromatic N) is 1. The zero-order valence-electron chi connectivity index (χ0n) is 9.32. The van der Waals surface area contributed by atoms with Crippen LogP contribution in [0.4, 0.5) is 0 Å². The maximum Gasteiger partial charge on any atom is 0.118 e. The lowest BCUT2D eigenvalue weighted by Crippen LogP contribution is -2.28. The summed E-state index contributed by atoms with van der Waals surface area (Å²) in [6, 6.07) is 8.36. The third-order valence-electron chi connectivity index (χ3n) is 3.35. The van der Waals surface area contributed by atoms with Crippen molar-refractivity contribution in [3.8, 4) is 5.75 Å². The van der Waals surface area contributed by atoms with Crippen molar-refractivity contribution < 1.29 is 5.11 Å². The van der Waals surface area contributed by atoms with E-state index in [1.165, 1.54) is 19.4 Å². The molecule has 15 heavy (non-hydrogen) atoms. The molecule has 1 aliphatic rings. The summed E-state index contributed by atoms with van der Waals surface area (Å²) in [6.07, 6.45) is 3.60. The molecule has 1 aromatic rings. The van der Waals surface area contributed by atoms with E-state index in [0.717, 1.165) is 24.6 Å². The van der Waals surface area contributed by atoms with Crippen LogP contribution in [-0.4, -0.2) is 29.1 Å². The fraction of sp³-hybridized carbons (Fsp3) is 0.538. The summed E-state index contributed by atoms with van der Waals surface area (Å²) in [4.78, 5) is 2.51. The summed E-state index contributed by atoms with van der Waals surface area (Å²) >= 11 is 0. The highest BCUT2D eigenvalue weighted by Crippen LogP contribution is 2.20. The van der Waals surface area contributed by atoms with Crippen LogP contribution in [-0.2, 0) is 6.42 Å². The molecule has 0 saturated carbocycles. The molecular weight excluding hydrogens is 186 g/mol. The minimum Gasteiger partial charge on any atom is -0.508 e. The van der Waals surface area contributed by atoms with Crippen LogP contribution >= 0.6 is 0 Å². The van der Waals surface area contributed by atoms with E-state index in [1.54, 1.807) is 6.07 Å². The number of hydrogen-bond acceptors (Lipinski definition) is 2. The second-order valence-corrected chi connectivity index (χ2v) is 4.41. The topological polar surface area (TPSA) is 23.5 Å². The van der Waals surface area contributed by atoms with E-state index in [2.05, 4.69) is 11.8 Å². The SMILES string of the molecule is CC1CCCN1CCc1ccccc1O. The van der Waals surface area contributed by atoms with E-state index in [9.17, 15) is 5.11 Å². The van der Waals surface area contributed by atoms with Gasteiger partial charge < -0.3 is 10.0 Å². The highest BCUT2D eigenvalue weighted by molar-refractivity contribution is 5.31. The minimum atomic E-state index is 0.435. The fourth-order valence-corrected chi connectivity index (χ4v) is 2.31. The van der Waals surface area contributed by atoms with E-state index in [1.807, 2.05) is 18.2 Å². The zero-order valence-corrected chi connectivity index (χ0v) is 9.32. The van der Waals surface area contributed by atoms with Gasteiger partial charge in [-0.2, -0.15) is 0 Å². The molecule has 1 atom stereocenters. The van der Waals surface area contributed by atoms with Gasteiger partial charge in [0.15, 0.2) is 0 Å². The van der Waals surface area contributed by atoms with Crippen LogP contribution in [0.2, 0.25) is 0 Å². The standard InChI is InChI=1S/C13H19NO/c1-11-5-4-9-14(11)10-8-12-6-2-3-7-13(12)15/h2-3,6-7,11,15H,4-5,8-10H2,1H3. The van der Waals surface area contributed by atoms with Crippen LogP contribution in [0, 0.1) is 0 Å². The fourth-order valence-electron chi connectivity index (χ4n) is 2.31. The highest BCUT2D eigenvalue weighted by Gasteiger charge is 2.19. The van der Waals surface area contributed by atoms with Crippen molar-refractivity contribution in [2.24, 2.45) is 0 Å². The normalized spacial score (nSPS) is 22.1. The molecule has 1 N–H and O–H groups in total. The number of benzene rings is 1. The number of phenolic OH excluding ortho intramolecular Hbond substituents is 1. The predicted molar refractivity (Wildman–Crippen MR) is 62.1 cm³/mol. The summed E-state index contributed by atoms with van der Waals surface area (Å²) in [5.41, 5.74) is 1.07. The maximum absolute atomic E-state index is 9.63. The first-order valence-electron chi connectivity index (χ1n) is 5.78. The number of phenols is 1. The zero-order chi connectivity index (χ0) is 10.7. The molecule has 1 fully saturated rings. The molecule has 2 heteroatoms. The van der Waals surface area contributed by atoms with Crippen LogP contribution in [0.15, 0.2) is 24.3 Å². The molecule has 0 aromatic heterocycles. The van der Waals surface area contributed by atoms with Crippen molar-refractivity contribution in [1.82, 2.24) is 4.90 Å². The third-order valence-corrected chi connectivity index (χ3v) is 3.35. The number of aromatic hydroxyl groups is 1. The Hall–Kier alpha value is -1.02. The summed E-state index contributed by atoms with van der Waals surface area (Å²) in [5, 5.41) is 9.63. The number of hydrogen-bond donors (Lipinski definition) is 1. The summed E-state index contributed by atoms with van der Waals surface area (Å²) in [5.74, 6) is 0.435. The van der Waals surface area contributed by atoms with E-state index in [-0.39, 0.29) is 0 Å². The molecule has 0 bridgehead atoms. The first-order chi connectivity index (χ1) is 7.27. The lowest BCUT2D eigenvalue weighted by atomic mass is 10.1. The Bertz CT molecular complexity index is 324. The van der Waals surface area contributed by atoms with Crippen LogP contribution < -0.4 is 0 Å². The molecule has 1 aromatic carbocycles. The number of rotatable bonds is 3. The Morgan fingerprint density at radius 1 is 1.40 bits per heavy atom. The molecule has 0 amide bonds. The van der Waals surface area contributed by atoms with Crippen LogP contribution in [0.1, 0.15) is 25.3 Å². The van der Waals surface area contributed by atoms with E-state index in [4.69, 9.17) is 0 Å². The van der Waals surface area contributed by atoms with Crippen molar-refractivity contribution in [3.63, 3.8) is 0 Å². The van der Waals surface area contributed by atoms with Gasteiger partial charge in [-0.25, -0.2) is 0 Å². The first kappa shape index (κ1) is 10.5. The van der Waals surface area contributed by atoms with Gasteiger partial charge in [0.2, 0.25) is 0 Å². The van der Waals surface area contributed by atoms with Gasteiger partial charge >= 0.3 is 0 Å². The van der Waals surface area contributed by atoms with Gasteiger partial charge in [-0.3, -0.25) is 0 Å². The predicted octanol–water partition coefficient (Wildman–Crippen LogP) is 2.42. The Balaban J connectivity index is 1.90. The van der Waals surface area contributed by atoms with Gasteiger partial charge in [-0.05, 0) is 44.4 Å². The molecule has 0 radical (unpaired) electrons. The third kappa shape index (κ3) is 2.51. The van der Waals surface area contributed by atoms with Gasteiger partial charge in [-0.15, -0.1) is 0 Å². The van der Waals surface area contributed by atoms with Gasteiger partial charge in [-0.1, -0.05) is 18.2 Å². The van der Waals surface area contributed by atoms with Crippen LogP contribution in [0.25, 0.3) is 0 Å². The molecule has 1 unspecified atom stereocenters. The minimum absolute atomic E-state index is 0.435. The smallest absolute Gasteiger partial charge is 0.118 e. The average molecular weight is 205 g/mol. The van der Waals surface area contributed by atoms with E-state index >= 15 is 0 Å². The summed E-state index contributed by atoms with van der Waals surface area (Å²) in [6.45, 7) is 4.57. The van der Waals surface area contributed by atoms with Gasteiger partial charge in [0.05, 0.1) is 0 Å². The Kier molecular flexibility index (Phi) is 3.27. The molecule has 1 aliphatic heterocycles. The number of likely N-dealkylation sites (tertiary alicyclic amines) is 1. The highest BCUT2D eigenvalue weighted by atomic mass is 16.3. The molecular formula is C13H19NO. The Labute approximate surface area is 91.5 Å². The molecule has 1 heterocycles. The molecule has 0 aliphatic carbocycles. The van der Waals surface area contributed by atoms with Crippen molar-refractivity contribution >= 4 is 0 Å². The monoisotopic (exact) mass is 205 g/mol. The van der Waals surface area contributed by atoms with Crippen molar-refractivity contribution in [2.75, 3.05) is 13.1 Å². The Morgan fingerprint density at radius 3 is 2.87 bits per heavy atom. The molecule has 2 rings (SSSR count). The quantitative estimate of drug-likeness (QED) is 0.819. The van der Waals surface area contributed by atoms with Gasteiger partial charge in [0.1, 0.15) is 5.75 Å². The van der Waals surface area contributed by atoms with Crippen molar-refractivity contribution in [2.45, 2.75) is 32.2 Å².